The number of aromatic nitrogens is 3. The predicted molar refractivity (Wildman–Crippen MR) is 127 cm³/mol. The number of nitrogens with zero attached hydrogens (tertiary/aromatic N) is 3. The molecule has 32 heavy (non-hydrogen) atoms. The average Bonchev–Trinajstić information content (AvgIpc) is 3.27. The van der Waals surface area contributed by atoms with Gasteiger partial charge in [-0.2, -0.15) is 5.10 Å². The summed E-state index contributed by atoms with van der Waals surface area (Å²) in [6, 6.07) is 6.85. The van der Waals surface area contributed by atoms with Crippen molar-refractivity contribution in [2.45, 2.75) is 63.8 Å². The number of carbonyl (C=O) groups excluding carboxylic acids is 1. The number of rotatable bonds is 2. The Balaban J connectivity index is 1.21. The number of piperidine rings is 1. The fourth-order valence-electron chi connectivity index (χ4n) is 6.10. The molecule has 6 heteroatoms. The Hall–Kier alpha value is -2.60. The summed E-state index contributed by atoms with van der Waals surface area (Å²) in [6.45, 7) is 4.24. The van der Waals surface area contributed by atoms with Gasteiger partial charge in [0.15, 0.2) is 0 Å². The first kappa shape index (κ1) is 20.0. The minimum Gasteiger partial charge on any atom is -0.353 e. The number of hydrogen-bond acceptors (Lipinski definition) is 3. The molecule has 2 fully saturated rings. The SMILES string of the molecule is O=C(c1ccc2[nH]c3c(c2c1)CCCc1cn[nH]c1-3)N1CCC(N2CCCCCC2)CC1. The molecule has 6 rings (SSSR count). The number of carbonyl (C=O) groups is 1. The van der Waals surface area contributed by atoms with E-state index >= 15 is 0 Å². The van der Waals surface area contributed by atoms with Gasteiger partial charge in [0.05, 0.1) is 17.6 Å². The summed E-state index contributed by atoms with van der Waals surface area (Å²) in [7, 11) is 0. The standard InChI is InChI=1S/C26H33N5O/c32-26(31-14-10-20(11-15-31)30-12-3-1-2-4-13-30)18-8-9-23-22(16-18)21-7-5-6-19-17-27-29-24(19)25(21)28-23/h8-9,16-17,20,28H,1-7,10-15H2,(H,27,29). The maximum atomic E-state index is 13.4. The minimum absolute atomic E-state index is 0.187. The van der Waals surface area contributed by atoms with E-state index in [0.29, 0.717) is 6.04 Å². The van der Waals surface area contributed by atoms with Crippen molar-refractivity contribution in [1.29, 1.82) is 0 Å². The average molecular weight is 432 g/mol. The molecule has 0 bridgehead atoms. The van der Waals surface area contributed by atoms with E-state index in [1.165, 1.54) is 55.3 Å². The van der Waals surface area contributed by atoms with Crippen molar-refractivity contribution in [3.8, 4) is 11.4 Å². The van der Waals surface area contributed by atoms with Crippen LogP contribution in [0.15, 0.2) is 24.4 Å². The first-order valence-electron chi connectivity index (χ1n) is 12.5. The lowest BCUT2D eigenvalue weighted by molar-refractivity contribution is 0.0623. The van der Waals surface area contributed by atoms with Crippen LogP contribution >= 0.6 is 0 Å². The van der Waals surface area contributed by atoms with Gasteiger partial charge in [-0.1, -0.05) is 12.8 Å². The van der Waals surface area contributed by atoms with Crippen LogP contribution in [0, 0.1) is 0 Å². The number of aryl methyl sites for hydroxylation is 2. The summed E-state index contributed by atoms with van der Waals surface area (Å²) >= 11 is 0. The second-order valence-electron chi connectivity index (χ2n) is 9.84. The van der Waals surface area contributed by atoms with Crippen LogP contribution in [0.1, 0.15) is 66.4 Å². The molecule has 2 aliphatic heterocycles. The van der Waals surface area contributed by atoms with Crippen molar-refractivity contribution in [2.75, 3.05) is 26.2 Å². The first-order valence-corrected chi connectivity index (χ1v) is 12.5. The molecule has 3 aliphatic rings. The zero-order chi connectivity index (χ0) is 21.5. The van der Waals surface area contributed by atoms with E-state index in [9.17, 15) is 4.79 Å². The maximum absolute atomic E-state index is 13.4. The van der Waals surface area contributed by atoms with E-state index in [4.69, 9.17) is 0 Å². The van der Waals surface area contributed by atoms with Crippen molar-refractivity contribution in [1.82, 2.24) is 25.0 Å². The summed E-state index contributed by atoms with van der Waals surface area (Å²) in [6.07, 6.45) is 12.8. The Labute approximate surface area is 189 Å². The second kappa shape index (κ2) is 8.39. The molecule has 2 saturated heterocycles. The van der Waals surface area contributed by atoms with Gasteiger partial charge in [0.25, 0.3) is 5.91 Å². The first-order chi connectivity index (χ1) is 15.8. The molecule has 0 unspecified atom stereocenters. The summed E-state index contributed by atoms with van der Waals surface area (Å²) in [4.78, 5) is 21.7. The van der Waals surface area contributed by atoms with Gasteiger partial charge in [0, 0.05) is 35.6 Å². The van der Waals surface area contributed by atoms with E-state index in [1.807, 2.05) is 12.3 Å². The number of nitrogens with one attached hydrogen (secondary N) is 2. The van der Waals surface area contributed by atoms with Gasteiger partial charge in [-0.15, -0.1) is 0 Å². The molecular formula is C26H33N5O. The number of H-pyrrole nitrogens is 2. The van der Waals surface area contributed by atoms with Gasteiger partial charge < -0.3 is 14.8 Å². The molecule has 4 heterocycles. The molecule has 6 nitrogen and oxygen atoms in total. The largest absolute Gasteiger partial charge is 0.353 e. The molecule has 1 amide bonds. The fraction of sp³-hybridized carbons (Fsp3) is 0.538. The number of benzene rings is 1. The van der Waals surface area contributed by atoms with E-state index in [2.05, 4.69) is 37.1 Å². The zero-order valence-electron chi connectivity index (χ0n) is 18.8. The lowest BCUT2D eigenvalue weighted by Crippen LogP contribution is -2.47. The molecule has 0 saturated carbocycles. The van der Waals surface area contributed by atoms with Gasteiger partial charge in [-0.3, -0.25) is 9.89 Å². The van der Waals surface area contributed by atoms with Crippen molar-refractivity contribution >= 4 is 16.8 Å². The van der Waals surface area contributed by atoms with E-state index in [1.54, 1.807) is 0 Å². The van der Waals surface area contributed by atoms with Crippen molar-refractivity contribution in [2.24, 2.45) is 0 Å². The van der Waals surface area contributed by atoms with Crippen molar-refractivity contribution in [3.63, 3.8) is 0 Å². The van der Waals surface area contributed by atoms with Crippen LogP contribution in [0.4, 0.5) is 0 Å². The van der Waals surface area contributed by atoms with Crippen LogP contribution in [-0.4, -0.2) is 63.1 Å². The highest BCUT2D eigenvalue weighted by Crippen LogP contribution is 2.36. The van der Waals surface area contributed by atoms with Crippen LogP contribution in [0.25, 0.3) is 22.3 Å². The number of fused-ring (bicyclic) bond motifs is 5. The fourth-order valence-corrected chi connectivity index (χ4v) is 6.10. The molecule has 168 valence electrons. The van der Waals surface area contributed by atoms with Crippen LogP contribution in [0.5, 0.6) is 0 Å². The maximum Gasteiger partial charge on any atom is 0.253 e. The Bertz CT molecular complexity index is 1110. The molecule has 0 radical (unpaired) electrons. The van der Waals surface area contributed by atoms with Gasteiger partial charge in [0.2, 0.25) is 0 Å². The van der Waals surface area contributed by atoms with Gasteiger partial charge in [-0.05, 0) is 87.4 Å². The van der Waals surface area contributed by atoms with Gasteiger partial charge in [0.1, 0.15) is 0 Å². The number of aromatic amines is 2. The van der Waals surface area contributed by atoms with E-state index in [-0.39, 0.29) is 5.91 Å². The van der Waals surface area contributed by atoms with E-state index < -0.39 is 0 Å². The van der Waals surface area contributed by atoms with Crippen LogP contribution in [-0.2, 0) is 12.8 Å². The number of likely N-dealkylation sites (tertiary alicyclic amines) is 2. The smallest absolute Gasteiger partial charge is 0.253 e. The second-order valence-corrected chi connectivity index (χ2v) is 9.84. The quantitative estimate of drug-likeness (QED) is 0.627. The molecular weight excluding hydrogens is 398 g/mol. The molecule has 1 aromatic carbocycles. The Kier molecular flexibility index (Phi) is 5.26. The minimum atomic E-state index is 0.187. The van der Waals surface area contributed by atoms with E-state index in [0.717, 1.165) is 67.7 Å². The highest BCUT2D eigenvalue weighted by molar-refractivity contribution is 6.00. The van der Waals surface area contributed by atoms with Crippen LogP contribution in [0.3, 0.4) is 0 Å². The number of hydrogen-bond donors (Lipinski definition) is 2. The molecule has 0 spiro atoms. The normalized spacial score (nSPS) is 20.6. The lowest BCUT2D eigenvalue weighted by atomic mass is 10.0. The topological polar surface area (TPSA) is 68.0 Å². The highest BCUT2D eigenvalue weighted by atomic mass is 16.2. The summed E-state index contributed by atoms with van der Waals surface area (Å²) in [5.41, 5.74) is 6.77. The van der Waals surface area contributed by atoms with Gasteiger partial charge in [-0.25, -0.2) is 0 Å². The Morgan fingerprint density at radius 2 is 1.75 bits per heavy atom. The number of amides is 1. The summed E-state index contributed by atoms with van der Waals surface area (Å²) in [5.74, 6) is 0.187. The summed E-state index contributed by atoms with van der Waals surface area (Å²) in [5, 5.41) is 8.62. The third kappa shape index (κ3) is 3.54. The molecule has 2 N–H and O–H groups in total. The van der Waals surface area contributed by atoms with Crippen LogP contribution in [0.2, 0.25) is 0 Å². The third-order valence-electron chi connectivity index (χ3n) is 7.90. The Morgan fingerprint density at radius 3 is 2.56 bits per heavy atom. The van der Waals surface area contributed by atoms with Gasteiger partial charge >= 0.3 is 0 Å². The molecule has 1 aliphatic carbocycles. The van der Waals surface area contributed by atoms with Crippen molar-refractivity contribution < 1.29 is 4.79 Å². The monoisotopic (exact) mass is 431 g/mol. The predicted octanol–water partition coefficient (Wildman–Crippen LogP) is 4.53. The molecule has 2 aromatic heterocycles. The molecule has 3 aromatic rings. The third-order valence-corrected chi connectivity index (χ3v) is 7.90. The van der Waals surface area contributed by atoms with Crippen LogP contribution < -0.4 is 0 Å². The molecule has 0 atom stereocenters. The van der Waals surface area contributed by atoms with Crippen molar-refractivity contribution in [3.05, 3.63) is 41.1 Å². The summed E-state index contributed by atoms with van der Waals surface area (Å²) < 4.78 is 0. The zero-order valence-corrected chi connectivity index (χ0v) is 18.8. The highest BCUT2D eigenvalue weighted by Gasteiger charge is 2.28. The Morgan fingerprint density at radius 1 is 0.938 bits per heavy atom. The lowest BCUT2D eigenvalue weighted by Gasteiger charge is -2.38.